The number of fused-ring (bicyclic) bond motifs is 6. The van der Waals surface area contributed by atoms with Crippen molar-refractivity contribution in [2.75, 3.05) is 20.4 Å². The van der Waals surface area contributed by atoms with E-state index in [1.54, 1.807) is 25.7 Å². The van der Waals surface area contributed by atoms with E-state index in [1.165, 1.54) is 0 Å². The summed E-state index contributed by atoms with van der Waals surface area (Å²) < 4.78 is 39.7. The van der Waals surface area contributed by atoms with Crippen LogP contribution in [0.4, 0.5) is 0 Å². The number of aryl methyl sites for hydroxylation is 1. The number of rotatable bonds is 9. The number of hydrogen-bond donors (Lipinski definition) is 0. The van der Waals surface area contributed by atoms with Crippen molar-refractivity contribution in [1.29, 1.82) is 0 Å². The molecular formula is C54H42N6O3P2. The van der Waals surface area contributed by atoms with Gasteiger partial charge in [-0.05, 0) is 80.4 Å². The van der Waals surface area contributed by atoms with Crippen molar-refractivity contribution >= 4 is 79.1 Å². The zero-order valence-electron chi connectivity index (χ0n) is 36.1. The molecule has 0 bridgehead atoms. The SMILES string of the molecule is COc1ccnc(-n2c3ccccc3c3ccc(P(C)(=O)c4cccc(-c5cnc(-c6cccc(P(C)(=O)c7ccc8c9ccccc9n(-c9cc(C)ccn9)c8c7)c6)cn5)c4)cc32)c1. The quantitative estimate of drug-likeness (QED) is 0.133. The maximum atomic E-state index is 15.0. The van der Waals surface area contributed by atoms with Crippen molar-refractivity contribution in [3.63, 3.8) is 0 Å². The minimum atomic E-state index is -3.10. The van der Waals surface area contributed by atoms with Gasteiger partial charge in [-0.15, -0.1) is 0 Å². The molecule has 0 saturated carbocycles. The van der Waals surface area contributed by atoms with Crippen LogP contribution in [0.2, 0.25) is 0 Å². The number of aromatic nitrogens is 6. The van der Waals surface area contributed by atoms with Gasteiger partial charge >= 0.3 is 0 Å². The van der Waals surface area contributed by atoms with E-state index in [2.05, 4.69) is 64.6 Å². The summed E-state index contributed by atoms with van der Waals surface area (Å²) in [4.78, 5) is 19.1. The van der Waals surface area contributed by atoms with E-state index in [4.69, 9.17) is 24.7 Å². The van der Waals surface area contributed by atoms with Gasteiger partial charge in [-0.2, -0.15) is 0 Å². The number of benzene rings is 6. The van der Waals surface area contributed by atoms with Crippen LogP contribution in [0.15, 0.2) is 183 Å². The molecule has 316 valence electrons. The molecule has 65 heavy (non-hydrogen) atoms. The van der Waals surface area contributed by atoms with Crippen LogP contribution >= 0.6 is 14.3 Å². The first-order valence-electron chi connectivity index (χ1n) is 21.3. The number of ether oxygens (including phenoxy) is 1. The molecule has 5 aromatic heterocycles. The van der Waals surface area contributed by atoms with Gasteiger partial charge < -0.3 is 13.9 Å². The van der Waals surface area contributed by atoms with E-state index < -0.39 is 14.3 Å². The molecule has 2 unspecified atom stereocenters. The summed E-state index contributed by atoms with van der Waals surface area (Å²) >= 11 is 0. The predicted molar refractivity (Wildman–Crippen MR) is 267 cm³/mol. The van der Waals surface area contributed by atoms with Crippen molar-refractivity contribution < 1.29 is 13.9 Å². The predicted octanol–water partition coefficient (Wildman–Crippen LogP) is 11.0. The highest BCUT2D eigenvalue weighted by Crippen LogP contribution is 2.44. The van der Waals surface area contributed by atoms with Gasteiger partial charge in [-0.3, -0.25) is 19.1 Å². The molecule has 11 aromatic rings. The van der Waals surface area contributed by atoms with E-state index in [9.17, 15) is 9.13 Å². The minimum Gasteiger partial charge on any atom is -0.497 e. The van der Waals surface area contributed by atoms with Gasteiger partial charge in [0.05, 0.1) is 53.0 Å². The van der Waals surface area contributed by atoms with Crippen molar-refractivity contribution in [2.45, 2.75) is 6.92 Å². The average Bonchev–Trinajstić information content (AvgIpc) is 3.86. The van der Waals surface area contributed by atoms with Crippen molar-refractivity contribution in [2.24, 2.45) is 0 Å². The van der Waals surface area contributed by atoms with Gasteiger partial charge in [0.25, 0.3) is 0 Å². The molecule has 0 amide bonds. The molecule has 2 atom stereocenters. The number of para-hydroxylation sites is 2. The van der Waals surface area contributed by atoms with Crippen LogP contribution in [-0.4, -0.2) is 49.5 Å². The Balaban J connectivity index is 0.901. The molecule has 9 nitrogen and oxygen atoms in total. The summed E-state index contributed by atoms with van der Waals surface area (Å²) in [6.45, 7) is 5.71. The van der Waals surface area contributed by atoms with Crippen LogP contribution in [0, 0.1) is 6.92 Å². The molecule has 0 fully saturated rings. The van der Waals surface area contributed by atoms with Crippen LogP contribution in [0.25, 0.3) is 77.8 Å². The lowest BCUT2D eigenvalue weighted by molar-refractivity contribution is 0.414. The Morgan fingerprint density at radius 3 is 1.40 bits per heavy atom. The van der Waals surface area contributed by atoms with E-state index in [0.29, 0.717) is 28.3 Å². The van der Waals surface area contributed by atoms with Gasteiger partial charge in [0, 0.05) is 72.4 Å². The maximum absolute atomic E-state index is 15.0. The van der Waals surface area contributed by atoms with Gasteiger partial charge in [0.1, 0.15) is 31.7 Å². The summed E-state index contributed by atoms with van der Waals surface area (Å²) in [5.41, 5.74) is 7.95. The molecule has 0 aliphatic heterocycles. The summed E-state index contributed by atoms with van der Waals surface area (Å²) in [7, 11) is -4.54. The summed E-state index contributed by atoms with van der Waals surface area (Å²) in [5, 5.41) is 7.24. The highest BCUT2D eigenvalue weighted by molar-refractivity contribution is 7.78. The first-order valence-corrected chi connectivity index (χ1v) is 25.6. The Bertz CT molecular complexity index is 3780. The molecule has 0 N–H and O–H groups in total. The Kier molecular flexibility index (Phi) is 9.72. The topological polar surface area (TPSA) is 105 Å². The summed E-state index contributed by atoms with van der Waals surface area (Å²) in [6, 6.07) is 52.0. The van der Waals surface area contributed by atoms with Crippen LogP contribution in [0.5, 0.6) is 5.75 Å². The standard InChI is InChI=1S/C54H42N6O3P2/c1-35-23-25-55-53(27-35)59-49-17-7-5-15-43(49)45-21-19-41(31-51(45)59)64(3,61)39-13-9-11-36(28-39)47-33-58-48(34-57-47)37-12-10-14-40(29-37)65(4,62)42-20-22-46-44-16-6-8-18-50(44)60(52(46)32-42)54-30-38(63-2)24-26-56-54/h5-34H,1-4H3. The Hall–Kier alpha value is -7.44. The zero-order chi connectivity index (χ0) is 44.5. The lowest BCUT2D eigenvalue weighted by atomic mass is 10.1. The number of methoxy groups -OCH3 is 1. The highest BCUT2D eigenvalue weighted by atomic mass is 31.2. The second kappa shape index (κ2) is 15.7. The first kappa shape index (κ1) is 40.3. The van der Waals surface area contributed by atoms with E-state index >= 15 is 0 Å². The van der Waals surface area contributed by atoms with E-state index in [0.717, 1.165) is 82.0 Å². The maximum Gasteiger partial charge on any atom is 0.141 e. The third-order valence-electron chi connectivity index (χ3n) is 12.5. The number of hydrogen-bond acceptors (Lipinski definition) is 7. The molecule has 0 spiro atoms. The van der Waals surface area contributed by atoms with Crippen LogP contribution in [0.3, 0.4) is 0 Å². The second-order valence-corrected chi connectivity index (χ2v) is 22.4. The van der Waals surface area contributed by atoms with Crippen LogP contribution < -0.4 is 26.0 Å². The highest BCUT2D eigenvalue weighted by Gasteiger charge is 2.26. The molecule has 6 aromatic carbocycles. The second-order valence-electron chi connectivity index (χ2n) is 16.6. The fourth-order valence-electron chi connectivity index (χ4n) is 9.02. The molecule has 0 aliphatic rings. The molecule has 0 aliphatic carbocycles. The Labute approximate surface area is 375 Å². The van der Waals surface area contributed by atoms with Crippen molar-refractivity contribution in [3.05, 3.63) is 188 Å². The van der Waals surface area contributed by atoms with Crippen LogP contribution in [0.1, 0.15) is 5.56 Å². The zero-order valence-corrected chi connectivity index (χ0v) is 37.9. The minimum absolute atomic E-state index is 0.652. The molecule has 11 heteroatoms. The summed E-state index contributed by atoms with van der Waals surface area (Å²) in [6.07, 6.45) is 7.04. The third kappa shape index (κ3) is 6.87. The Morgan fingerprint density at radius 1 is 0.446 bits per heavy atom. The van der Waals surface area contributed by atoms with E-state index in [1.807, 2.05) is 129 Å². The lowest BCUT2D eigenvalue weighted by Gasteiger charge is -2.16. The Morgan fingerprint density at radius 2 is 0.908 bits per heavy atom. The van der Waals surface area contributed by atoms with Gasteiger partial charge in [0.2, 0.25) is 0 Å². The first-order chi connectivity index (χ1) is 31.6. The van der Waals surface area contributed by atoms with Gasteiger partial charge in [-0.1, -0.05) is 97.1 Å². The smallest absolute Gasteiger partial charge is 0.141 e. The molecule has 5 heterocycles. The number of pyridine rings is 2. The van der Waals surface area contributed by atoms with Crippen molar-refractivity contribution in [1.82, 2.24) is 29.1 Å². The molecule has 0 radical (unpaired) electrons. The molecular weight excluding hydrogens is 843 g/mol. The van der Waals surface area contributed by atoms with Crippen LogP contribution in [-0.2, 0) is 9.13 Å². The van der Waals surface area contributed by atoms with E-state index in [-0.39, 0.29) is 0 Å². The third-order valence-corrected chi connectivity index (χ3v) is 17.6. The summed E-state index contributed by atoms with van der Waals surface area (Å²) in [5.74, 6) is 2.24. The monoisotopic (exact) mass is 884 g/mol. The fourth-order valence-corrected chi connectivity index (χ4v) is 12.6. The largest absolute Gasteiger partial charge is 0.497 e. The van der Waals surface area contributed by atoms with Crippen molar-refractivity contribution in [3.8, 4) is 39.9 Å². The number of nitrogens with zero attached hydrogens (tertiary/aromatic N) is 6. The lowest BCUT2D eigenvalue weighted by Crippen LogP contribution is -2.16. The normalized spacial score (nSPS) is 13.6. The fraction of sp³-hybridized carbons (Fsp3) is 0.0741. The van der Waals surface area contributed by atoms with Gasteiger partial charge in [-0.25, -0.2) is 9.97 Å². The molecule has 0 saturated heterocycles. The average molecular weight is 885 g/mol. The van der Waals surface area contributed by atoms with Gasteiger partial charge in [0.15, 0.2) is 0 Å². The molecule has 11 rings (SSSR count).